The van der Waals surface area contributed by atoms with Crippen LogP contribution in [0.15, 0.2) is 29.3 Å². The number of benzene rings is 1. The second kappa shape index (κ2) is 21.0. The van der Waals surface area contributed by atoms with Gasteiger partial charge in [0.25, 0.3) is 0 Å². The number of nitrogens with two attached hydrogens (primary N) is 4. The van der Waals surface area contributed by atoms with Gasteiger partial charge in [0, 0.05) is 42.7 Å². The molecule has 0 spiro atoms. The molecule has 0 saturated carbocycles. The first kappa shape index (κ1) is 44.0. The van der Waals surface area contributed by atoms with Crippen molar-refractivity contribution >= 4 is 58.3 Å². The van der Waals surface area contributed by atoms with Gasteiger partial charge < -0.3 is 59.2 Å². The number of likely N-dealkylation sites (tertiary alicyclic amines) is 1. The van der Waals surface area contributed by atoms with Crippen molar-refractivity contribution < 1.29 is 38.7 Å². The molecule has 2 aromatic rings. The van der Waals surface area contributed by atoms with Crippen LogP contribution in [0.4, 0.5) is 0 Å². The molecule has 0 radical (unpaired) electrons. The topological polar surface area (TPSA) is 335 Å². The molecule has 20 nitrogen and oxygen atoms in total. The van der Waals surface area contributed by atoms with Gasteiger partial charge in [0.1, 0.15) is 30.2 Å². The lowest BCUT2D eigenvalue weighted by Gasteiger charge is -2.31. The number of aromatic nitrogens is 1. The summed E-state index contributed by atoms with van der Waals surface area (Å²) in [7, 11) is 0. The number of hydrogen-bond donors (Lipinski definition) is 11. The molecule has 3 heterocycles. The summed E-state index contributed by atoms with van der Waals surface area (Å²) in [6.45, 7) is 2.47. The van der Waals surface area contributed by atoms with Crippen LogP contribution in [-0.2, 0) is 46.5 Å². The predicted molar refractivity (Wildman–Crippen MR) is 210 cm³/mol. The molecule has 1 fully saturated rings. The van der Waals surface area contributed by atoms with Crippen LogP contribution in [0.2, 0.25) is 0 Å². The second-order valence-electron chi connectivity index (χ2n) is 14.4. The van der Waals surface area contributed by atoms with Crippen molar-refractivity contribution in [2.24, 2.45) is 27.9 Å². The van der Waals surface area contributed by atoms with Crippen molar-refractivity contribution in [2.75, 3.05) is 19.6 Å². The van der Waals surface area contributed by atoms with E-state index in [1.807, 2.05) is 24.3 Å². The van der Waals surface area contributed by atoms with E-state index in [1.54, 1.807) is 0 Å². The largest absolute Gasteiger partial charge is 0.480 e. The Balaban J connectivity index is 1.46. The molecule has 1 aromatic carbocycles. The highest BCUT2D eigenvalue weighted by Crippen LogP contribution is 2.27. The van der Waals surface area contributed by atoms with Gasteiger partial charge in [-0.3, -0.25) is 39.1 Å². The number of nitrogens with zero attached hydrogens (tertiary/aromatic N) is 2. The maximum Gasteiger partial charge on any atom is 0.326 e. The van der Waals surface area contributed by atoms with Crippen molar-refractivity contribution in [1.29, 1.82) is 0 Å². The van der Waals surface area contributed by atoms with Gasteiger partial charge >= 0.3 is 5.97 Å². The molecule has 1 saturated heterocycles. The first-order valence-corrected chi connectivity index (χ1v) is 19.3. The lowest BCUT2D eigenvalue weighted by Crippen LogP contribution is -2.59. The molecular formula is C37H56N12O8. The maximum atomic E-state index is 14.2. The molecule has 57 heavy (non-hydrogen) atoms. The summed E-state index contributed by atoms with van der Waals surface area (Å²) in [6.07, 6.45) is 2.22. The number of unbranched alkanes of at least 4 members (excludes halogenated alkanes) is 1. The fourth-order valence-electron chi connectivity index (χ4n) is 7.11. The number of H-pyrrole nitrogens is 1. The quantitative estimate of drug-likeness (QED) is 0.0360. The normalized spacial score (nSPS) is 18.3. The fraction of sp³-hybridized carbons (Fsp3) is 0.568. The minimum atomic E-state index is -1.24. The van der Waals surface area contributed by atoms with E-state index < -0.39 is 77.7 Å². The van der Waals surface area contributed by atoms with Crippen LogP contribution in [0.5, 0.6) is 0 Å². The van der Waals surface area contributed by atoms with Gasteiger partial charge in [-0.25, -0.2) is 4.79 Å². The number of nitrogens with one attached hydrogen (secondary N) is 6. The third-order valence-corrected chi connectivity index (χ3v) is 10.2. The Morgan fingerprint density at radius 1 is 0.895 bits per heavy atom. The maximum absolute atomic E-state index is 14.2. The van der Waals surface area contributed by atoms with E-state index in [2.05, 4.69) is 36.6 Å². The van der Waals surface area contributed by atoms with E-state index in [1.165, 1.54) is 11.8 Å². The monoisotopic (exact) mass is 796 g/mol. The molecule has 0 bridgehead atoms. The zero-order valence-corrected chi connectivity index (χ0v) is 32.2. The smallest absolute Gasteiger partial charge is 0.326 e. The molecule has 0 aliphatic carbocycles. The van der Waals surface area contributed by atoms with Crippen molar-refractivity contribution in [3.8, 4) is 0 Å². The highest BCUT2D eigenvalue weighted by Gasteiger charge is 2.39. The Morgan fingerprint density at radius 2 is 1.61 bits per heavy atom. The lowest BCUT2D eigenvalue weighted by atomic mass is 9.97. The number of carbonyl (C=O) groups is 7. The number of aromatic amines is 1. The van der Waals surface area contributed by atoms with Crippen LogP contribution in [0.25, 0.3) is 10.9 Å². The number of carboxylic acids is 1. The first-order chi connectivity index (χ1) is 27.2. The van der Waals surface area contributed by atoms with E-state index in [9.17, 15) is 38.7 Å². The number of rotatable bonds is 21. The number of primary amides is 1. The van der Waals surface area contributed by atoms with Crippen LogP contribution in [0, 0.1) is 0 Å². The Labute approximate surface area is 330 Å². The van der Waals surface area contributed by atoms with Gasteiger partial charge in [-0.05, 0) is 82.9 Å². The summed E-state index contributed by atoms with van der Waals surface area (Å²) in [6, 6.07) is 1.31. The van der Waals surface area contributed by atoms with Crippen LogP contribution in [-0.4, -0.2) is 118 Å². The Bertz CT molecular complexity index is 1810. The van der Waals surface area contributed by atoms with Crippen molar-refractivity contribution in [3.05, 3.63) is 35.5 Å². The summed E-state index contributed by atoms with van der Waals surface area (Å²) in [5, 5.41) is 24.2. The Morgan fingerprint density at radius 3 is 2.32 bits per heavy atom. The SMILES string of the molecule is C[C@H](NC(=O)[C@@H]1CCCN1C(=O)[C@H](CCCN=C(N)N)NC(=O)[C@H](CCC(N)=O)NC(=O)[C@@H]1Cc2c([nH]c3ccccc23)CN1)C(=O)N[C@@H](CCCCN)C(=O)O. The zero-order chi connectivity index (χ0) is 41.6. The summed E-state index contributed by atoms with van der Waals surface area (Å²) in [5.41, 5.74) is 24.7. The van der Waals surface area contributed by atoms with E-state index in [4.69, 9.17) is 22.9 Å². The number of hydrogen-bond acceptors (Lipinski definition) is 10. The summed E-state index contributed by atoms with van der Waals surface area (Å²) in [4.78, 5) is 100. The molecule has 312 valence electrons. The summed E-state index contributed by atoms with van der Waals surface area (Å²) < 4.78 is 0. The van der Waals surface area contributed by atoms with Crippen molar-refractivity contribution in [3.63, 3.8) is 0 Å². The highest BCUT2D eigenvalue weighted by molar-refractivity contribution is 5.97. The lowest BCUT2D eigenvalue weighted by molar-refractivity contribution is -0.143. The summed E-state index contributed by atoms with van der Waals surface area (Å²) in [5.74, 6) is -5.21. The van der Waals surface area contributed by atoms with Gasteiger partial charge in [-0.2, -0.15) is 0 Å². The Kier molecular flexibility index (Phi) is 16.2. The Hall–Kier alpha value is -5.76. The van der Waals surface area contributed by atoms with Crippen LogP contribution < -0.4 is 49.5 Å². The molecule has 6 amide bonds. The van der Waals surface area contributed by atoms with Gasteiger partial charge in [0.15, 0.2) is 5.96 Å². The van der Waals surface area contributed by atoms with Crippen LogP contribution in [0.1, 0.15) is 76.0 Å². The number of carbonyl (C=O) groups excluding carboxylic acids is 6. The highest BCUT2D eigenvalue weighted by atomic mass is 16.4. The van der Waals surface area contributed by atoms with Crippen molar-refractivity contribution in [1.82, 2.24) is 36.5 Å². The molecule has 6 atom stereocenters. The molecule has 20 heteroatoms. The predicted octanol–water partition coefficient (Wildman–Crippen LogP) is -2.34. The standard InChI is InChI=1S/C37H56N12O8/c1-20(31(51)48-26(36(56)57)10-4-5-15-38)44-34(54)29-12-7-17-49(29)35(55)25(11-6-16-42-37(40)41)47-32(52)24(13-14-30(39)50)46-33(53)27-18-22-21-8-2-3-9-23(21)45-28(22)19-43-27/h2-3,8-9,20,24-27,29,43,45H,4-7,10-19,38H2,1H3,(H2,39,50)(H,44,54)(H,46,53)(H,47,52)(H,48,51)(H,56,57)(H4,40,41,42)/t20-,24-,25-,26-,27-,29-/m0/s1. The average Bonchev–Trinajstić information content (AvgIpc) is 3.82. The number of para-hydroxylation sites is 1. The molecule has 4 rings (SSSR count). The van der Waals surface area contributed by atoms with E-state index in [0.717, 1.165) is 22.2 Å². The number of aliphatic imine (C=N–C) groups is 1. The van der Waals surface area contributed by atoms with E-state index >= 15 is 0 Å². The number of aliphatic carboxylic acids is 1. The van der Waals surface area contributed by atoms with E-state index in [-0.39, 0.29) is 57.6 Å². The zero-order valence-electron chi connectivity index (χ0n) is 32.2. The average molecular weight is 797 g/mol. The fourth-order valence-corrected chi connectivity index (χ4v) is 7.11. The number of guanidine groups is 1. The third-order valence-electron chi connectivity index (χ3n) is 10.2. The first-order valence-electron chi connectivity index (χ1n) is 19.3. The molecule has 2 aliphatic rings. The minimum Gasteiger partial charge on any atom is -0.480 e. The van der Waals surface area contributed by atoms with Crippen LogP contribution in [0.3, 0.4) is 0 Å². The number of carboxylic acid groups (broad SMARTS) is 1. The van der Waals surface area contributed by atoms with Gasteiger partial charge in [0.05, 0.1) is 6.04 Å². The molecule has 1 aromatic heterocycles. The summed E-state index contributed by atoms with van der Waals surface area (Å²) >= 11 is 0. The van der Waals surface area contributed by atoms with E-state index in [0.29, 0.717) is 38.8 Å². The third kappa shape index (κ3) is 12.4. The van der Waals surface area contributed by atoms with Crippen LogP contribution >= 0.6 is 0 Å². The molecule has 2 aliphatic heterocycles. The van der Waals surface area contributed by atoms with Gasteiger partial charge in [-0.15, -0.1) is 0 Å². The van der Waals surface area contributed by atoms with Gasteiger partial charge in [-0.1, -0.05) is 18.2 Å². The van der Waals surface area contributed by atoms with Crippen molar-refractivity contribution in [2.45, 2.75) is 114 Å². The molecular weight excluding hydrogens is 740 g/mol. The van der Waals surface area contributed by atoms with Gasteiger partial charge in [0.2, 0.25) is 35.4 Å². The number of fused-ring (bicyclic) bond motifs is 3. The second-order valence-corrected chi connectivity index (χ2v) is 14.4. The number of amides is 6. The molecule has 15 N–H and O–H groups in total. The molecule has 0 unspecified atom stereocenters. The minimum absolute atomic E-state index is 0.0513.